The van der Waals surface area contributed by atoms with Crippen molar-refractivity contribution in [1.29, 1.82) is 0 Å². The second-order valence-electron chi connectivity index (χ2n) is 6.35. The number of hydrogen-bond donors (Lipinski definition) is 0. The summed E-state index contributed by atoms with van der Waals surface area (Å²) in [7, 11) is 1.70. The molecule has 1 aromatic carbocycles. The van der Waals surface area contributed by atoms with E-state index >= 15 is 0 Å². The van der Waals surface area contributed by atoms with Crippen LogP contribution in [-0.4, -0.2) is 7.11 Å². The Bertz CT molecular complexity index is 499. The number of ether oxygens (including phenoxy) is 1. The van der Waals surface area contributed by atoms with Gasteiger partial charge in [0.1, 0.15) is 5.75 Å². The molecule has 4 rings (SSSR count). The maximum absolute atomic E-state index is 6.78. The summed E-state index contributed by atoms with van der Waals surface area (Å²) in [6.07, 6.45) is 4.32. The Kier molecular flexibility index (Phi) is 2.79. The number of halogens is 2. The number of methoxy groups -OCH3 is 1. The van der Waals surface area contributed by atoms with Crippen LogP contribution in [0.1, 0.15) is 30.2 Å². The predicted octanol–water partition coefficient (Wildman–Crippen LogP) is 4.92. The first-order valence-electron chi connectivity index (χ1n) is 7.18. The molecule has 0 heterocycles. The van der Waals surface area contributed by atoms with Gasteiger partial charge < -0.3 is 4.74 Å². The van der Waals surface area contributed by atoms with Crippen LogP contribution in [0, 0.1) is 29.6 Å². The lowest BCUT2D eigenvalue weighted by Crippen LogP contribution is -2.05. The fourth-order valence-corrected chi connectivity index (χ4v) is 5.60. The summed E-state index contributed by atoms with van der Waals surface area (Å²) in [5.41, 5.74) is 1.08. The monoisotopic (exact) mass is 296 g/mol. The molecule has 0 aromatic heterocycles. The van der Waals surface area contributed by atoms with E-state index in [0.717, 1.165) is 40.0 Å². The van der Waals surface area contributed by atoms with Gasteiger partial charge in [-0.05, 0) is 67.1 Å². The minimum absolute atomic E-state index is 0.0621. The highest BCUT2D eigenvalue weighted by Gasteiger charge is 2.66. The summed E-state index contributed by atoms with van der Waals surface area (Å²) in [5, 5.41) is 0.808. The van der Waals surface area contributed by atoms with E-state index in [0.29, 0.717) is 5.92 Å². The van der Waals surface area contributed by atoms with Crippen molar-refractivity contribution in [3.63, 3.8) is 0 Å². The van der Waals surface area contributed by atoms with Crippen LogP contribution >= 0.6 is 23.2 Å². The highest BCUT2D eigenvalue weighted by atomic mass is 35.5. The number of fused-ring (bicyclic) bond motifs is 5. The molecule has 2 bridgehead atoms. The molecular formula is C16H18Cl2O. The molecule has 0 spiro atoms. The number of benzene rings is 1. The molecule has 19 heavy (non-hydrogen) atoms. The summed E-state index contributed by atoms with van der Waals surface area (Å²) < 4.78 is 5.45. The van der Waals surface area contributed by atoms with Crippen molar-refractivity contribution >= 4 is 23.2 Å². The maximum Gasteiger partial charge on any atom is 0.123 e. The smallest absolute Gasteiger partial charge is 0.123 e. The van der Waals surface area contributed by atoms with Crippen molar-refractivity contribution in [3.05, 3.63) is 28.8 Å². The topological polar surface area (TPSA) is 9.23 Å². The first-order valence-corrected chi connectivity index (χ1v) is 7.99. The number of alkyl halides is 1. The molecule has 0 aliphatic heterocycles. The Labute approximate surface area is 124 Å². The molecule has 0 saturated heterocycles. The Hall–Kier alpha value is -0.400. The van der Waals surface area contributed by atoms with E-state index in [2.05, 4.69) is 0 Å². The largest absolute Gasteiger partial charge is 0.496 e. The fourth-order valence-electron chi connectivity index (χ4n) is 4.91. The highest BCUT2D eigenvalue weighted by Crippen LogP contribution is 2.73. The van der Waals surface area contributed by atoms with E-state index in [1.165, 1.54) is 19.3 Å². The normalized spacial score (nSPS) is 40.1. The van der Waals surface area contributed by atoms with Gasteiger partial charge in [-0.25, -0.2) is 0 Å². The molecule has 5 unspecified atom stereocenters. The van der Waals surface area contributed by atoms with Gasteiger partial charge in [0.05, 0.1) is 12.5 Å². The van der Waals surface area contributed by atoms with E-state index < -0.39 is 0 Å². The molecule has 1 nitrogen and oxygen atoms in total. The van der Waals surface area contributed by atoms with Crippen molar-refractivity contribution in [1.82, 2.24) is 0 Å². The summed E-state index contributed by atoms with van der Waals surface area (Å²) in [6.45, 7) is 0. The van der Waals surface area contributed by atoms with E-state index in [1.54, 1.807) is 7.11 Å². The Morgan fingerprint density at radius 2 is 1.89 bits per heavy atom. The lowest BCUT2D eigenvalue weighted by Gasteiger charge is -2.17. The quantitative estimate of drug-likeness (QED) is 0.719. The van der Waals surface area contributed by atoms with E-state index in [9.17, 15) is 0 Å². The van der Waals surface area contributed by atoms with Gasteiger partial charge in [0.15, 0.2) is 0 Å². The first-order chi connectivity index (χ1) is 9.20. The molecule has 102 valence electrons. The first kappa shape index (κ1) is 12.3. The van der Waals surface area contributed by atoms with Crippen LogP contribution in [-0.2, 0) is 0 Å². The zero-order valence-electron chi connectivity index (χ0n) is 11.0. The van der Waals surface area contributed by atoms with Crippen LogP contribution in [0.3, 0.4) is 0 Å². The Morgan fingerprint density at radius 1 is 1.21 bits per heavy atom. The lowest BCUT2D eigenvalue weighted by atomic mass is 9.96. The minimum Gasteiger partial charge on any atom is -0.496 e. The maximum atomic E-state index is 6.78. The molecule has 5 atom stereocenters. The SMILES string of the molecule is COc1ccc(Cl)cc1C(Cl)C1C2C3CCC(C3)C21. The third-order valence-electron chi connectivity index (χ3n) is 5.62. The van der Waals surface area contributed by atoms with Crippen LogP contribution in [0.25, 0.3) is 0 Å². The molecule has 3 saturated carbocycles. The molecule has 1 aromatic rings. The molecule has 0 amide bonds. The standard InChI is InChI=1S/C16H18Cl2O/c1-19-12-5-4-10(17)7-11(12)16(18)15-13-8-2-3-9(6-8)14(13)15/h4-5,7-9,13-16H,2-3,6H2,1H3. The number of rotatable bonds is 3. The average molecular weight is 297 g/mol. The van der Waals surface area contributed by atoms with Crippen LogP contribution in [0.4, 0.5) is 0 Å². The zero-order chi connectivity index (χ0) is 13.1. The van der Waals surface area contributed by atoms with Crippen molar-refractivity contribution in [2.75, 3.05) is 7.11 Å². The van der Waals surface area contributed by atoms with E-state index in [1.807, 2.05) is 18.2 Å². The van der Waals surface area contributed by atoms with E-state index in [-0.39, 0.29) is 5.38 Å². The highest BCUT2D eigenvalue weighted by molar-refractivity contribution is 6.31. The summed E-state index contributed by atoms with van der Waals surface area (Å²) >= 11 is 12.9. The second-order valence-corrected chi connectivity index (χ2v) is 7.26. The van der Waals surface area contributed by atoms with Gasteiger partial charge in [0, 0.05) is 10.6 Å². The minimum atomic E-state index is 0.0621. The van der Waals surface area contributed by atoms with Crippen molar-refractivity contribution in [2.24, 2.45) is 29.6 Å². The molecule has 3 fully saturated rings. The lowest BCUT2D eigenvalue weighted by molar-refractivity contribution is 0.401. The molecule has 3 aliphatic rings. The second kappa shape index (κ2) is 4.30. The number of hydrogen-bond acceptors (Lipinski definition) is 1. The zero-order valence-corrected chi connectivity index (χ0v) is 12.5. The Morgan fingerprint density at radius 3 is 2.53 bits per heavy atom. The van der Waals surface area contributed by atoms with Gasteiger partial charge in [-0.1, -0.05) is 11.6 Å². The predicted molar refractivity (Wildman–Crippen MR) is 77.9 cm³/mol. The van der Waals surface area contributed by atoms with Crippen LogP contribution < -0.4 is 4.74 Å². The molecule has 0 N–H and O–H groups in total. The summed E-state index contributed by atoms with van der Waals surface area (Å²) in [5.74, 6) is 5.19. The van der Waals surface area contributed by atoms with Gasteiger partial charge in [-0.15, -0.1) is 11.6 Å². The third kappa shape index (κ3) is 1.74. The van der Waals surface area contributed by atoms with Gasteiger partial charge in [0.25, 0.3) is 0 Å². The van der Waals surface area contributed by atoms with Crippen LogP contribution in [0.2, 0.25) is 5.02 Å². The summed E-state index contributed by atoms with van der Waals surface area (Å²) in [6, 6.07) is 5.78. The van der Waals surface area contributed by atoms with Gasteiger partial charge in [0.2, 0.25) is 0 Å². The summed E-state index contributed by atoms with van der Waals surface area (Å²) in [4.78, 5) is 0. The van der Waals surface area contributed by atoms with Crippen molar-refractivity contribution in [2.45, 2.75) is 24.6 Å². The van der Waals surface area contributed by atoms with Gasteiger partial charge >= 0.3 is 0 Å². The fraction of sp³-hybridized carbons (Fsp3) is 0.625. The molecule has 3 heteroatoms. The molecule has 3 aliphatic carbocycles. The van der Waals surface area contributed by atoms with E-state index in [4.69, 9.17) is 27.9 Å². The van der Waals surface area contributed by atoms with Crippen molar-refractivity contribution < 1.29 is 4.74 Å². The molecular weight excluding hydrogens is 279 g/mol. The van der Waals surface area contributed by atoms with Gasteiger partial charge in [-0.3, -0.25) is 0 Å². The third-order valence-corrected chi connectivity index (χ3v) is 6.38. The molecule has 0 radical (unpaired) electrons. The van der Waals surface area contributed by atoms with Crippen LogP contribution in [0.15, 0.2) is 18.2 Å². The van der Waals surface area contributed by atoms with Crippen LogP contribution in [0.5, 0.6) is 5.75 Å². The van der Waals surface area contributed by atoms with Gasteiger partial charge in [-0.2, -0.15) is 0 Å². The van der Waals surface area contributed by atoms with Crippen molar-refractivity contribution in [3.8, 4) is 5.75 Å². The Balaban J connectivity index is 1.62. The average Bonchev–Trinajstić information content (AvgIpc) is 2.85.